The number of hydrogen-bond donors (Lipinski definition) is 2. The van der Waals surface area contributed by atoms with Crippen LogP contribution in [0.5, 0.6) is 0 Å². The molecule has 1 aromatic carbocycles. The van der Waals surface area contributed by atoms with E-state index in [1.54, 1.807) is 0 Å². The standard InChI is InChI=1S/C23H29N3O2/c27-22(16-4-2-5-16)25-11-18-19-13-26(14-23(19)9-7-20(18)28-23)12-17-6-1-3-15-8-10-24-21(15)17/h1,3,6,8,10,16,18-20,24H,2,4-5,7,9,11-14H2,(H,25,27)/t18-,19+,20+,23+/m0/s1. The zero-order chi connectivity index (χ0) is 18.7. The molecule has 2 aromatic rings. The van der Waals surface area contributed by atoms with Crippen LogP contribution in [0.15, 0.2) is 30.5 Å². The van der Waals surface area contributed by atoms with Gasteiger partial charge in [-0.15, -0.1) is 0 Å². The largest absolute Gasteiger partial charge is 0.370 e. The number of H-pyrrole nitrogens is 1. The number of nitrogens with one attached hydrogen (secondary N) is 2. The van der Waals surface area contributed by atoms with Crippen LogP contribution in [0.4, 0.5) is 0 Å². The maximum atomic E-state index is 12.3. The number of aromatic nitrogens is 1. The van der Waals surface area contributed by atoms with Gasteiger partial charge in [0.1, 0.15) is 0 Å². The van der Waals surface area contributed by atoms with Crippen molar-refractivity contribution < 1.29 is 9.53 Å². The molecule has 148 valence electrons. The van der Waals surface area contributed by atoms with Crippen LogP contribution in [0.1, 0.15) is 37.7 Å². The van der Waals surface area contributed by atoms with E-state index >= 15 is 0 Å². The molecule has 4 fully saturated rings. The van der Waals surface area contributed by atoms with Crippen molar-refractivity contribution in [2.75, 3.05) is 19.6 Å². The molecule has 28 heavy (non-hydrogen) atoms. The lowest BCUT2D eigenvalue weighted by atomic mass is 9.73. The van der Waals surface area contributed by atoms with Crippen LogP contribution >= 0.6 is 0 Å². The fourth-order valence-corrected chi connectivity index (χ4v) is 6.24. The van der Waals surface area contributed by atoms with E-state index in [-0.39, 0.29) is 17.4 Å². The summed E-state index contributed by atoms with van der Waals surface area (Å²) in [6.07, 6.45) is 8.06. The third-order valence-corrected chi connectivity index (χ3v) is 7.91. The second-order valence-electron chi connectivity index (χ2n) is 9.43. The van der Waals surface area contributed by atoms with Gasteiger partial charge in [-0.25, -0.2) is 0 Å². The number of ether oxygens (including phenoxy) is 1. The number of amides is 1. The van der Waals surface area contributed by atoms with Crippen molar-refractivity contribution in [2.24, 2.45) is 17.8 Å². The van der Waals surface area contributed by atoms with E-state index in [1.165, 1.54) is 29.3 Å². The molecule has 0 radical (unpaired) electrons. The smallest absolute Gasteiger partial charge is 0.223 e. The molecule has 2 N–H and O–H groups in total. The van der Waals surface area contributed by atoms with E-state index in [2.05, 4.69) is 39.5 Å². The number of aromatic amines is 1. The van der Waals surface area contributed by atoms with Gasteiger partial charge in [-0.2, -0.15) is 0 Å². The Kier molecular flexibility index (Phi) is 3.85. The summed E-state index contributed by atoms with van der Waals surface area (Å²) in [5.41, 5.74) is 2.65. The van der Waals surface area contributed by atoms with Crippen molar-refractivity contribution in [3.05, 3.63) is 36.0 Å². The molecule has 3 saturated heterocycles. The van der Waals surface area contributed by atoms with Crippen molar-refractivity contribution in [1.29, 1.82) is 0 Å². The summed E-state index contributed by atoms with van der Waals surface area (Å²) < 4.78 is 6.57. The quantitative estimate of drug-likeness (QED) is 0.839. The van der Waals surface area contributed by atoms with Gasteiger partial charge < -0.3 is 15.0 Å². The number of benzene rings is 1. The highest BCUT2D eigenvalue weighted by atomic mass is 16.5. The van der Waals surface area contributed by atoms with Gasteiger partial charge in [-0.3, -0.25) is 9.69 Å². The monoisotopic (exact) mass is 379 g/mol. The molecule has 4 heterocycles. The first kappa shape index (κ1) is 17.0. The molecule has 1 amide bonds. The van der Waals surface area contributed by atoms with Crippen LogP contribution < -0.4 is 5.32 Å². The first-order valence-electron chi connectivity index (χ1n) is 10.9. The number of likely N-dealkylation sites (tertiary alicyclic amines) is 1. The third kappa shape index (κ3) is 2.56. The Balaban J connectivity index is 1.16. The van der Waals surface area contributed by atoms with Crippen LogP contribution in [-0.2, 0) is 16.1 Å². The molecular formula is C23H29N3O2. The van der Waals surface area contributed by atoms with Crippen molar-refractivity contribution in [3.8, 4) is 0 Å². The van der Waals surface area contributed by atoms with E-state index in [4.69, 9.17) is 4.74 Å². The Hall–Kier alpha value is -1.85. The molecule has 2 bridgehead atoms. The predicted molar refractivity (Wildman–Crippen MR) is 108 cm³/mol. The molecular weight excluding hydrogens is 350 g/mol. The molecule has 4 aliphatic rings. The Labute approximate surface area is 165 Å². The lowest BCUT2D eigenvalue weighted by Gasteiger charge is -2.31. The second kappa shape index (κ2) is 6.33. The van der Waals surface area contributed by atoms with E-state index in [9.17, 15) is 4.79 Å². The van der Waals surface area contributed by atoms with Crippen molar-refractivity contribution in [2.45, 2.75) is 50.4 Å². The Bertz CT molecular complexity index is 904. The predicted octanol–water partition coefficient (Wildman–Crippen LogP) is 3.06. The number of hydrogen-bond acceptors (Lipinski definition) is 3. The van der Waals surface area contributed by atoms with E-state index in [1.807, 2.05) is 6.20 Å². The summed E-state index contributed by atoms with van der Waals surface area (Å²) in [5.74, 6) is 1.58. The zero-order valence-corrected chi connectivity index (χ0v) is 16.3. The van der Waals surface area contributed by atoms with Gasteiger partial charge in [-0.1, -0.05) is 24.6 Å². The maximum Gasteiger partial charge on any atom is 0.223 e. The van der Waals surface area contributed by atoms with Gasteiger partial charge in [0, 0.05) is 55.6 Å². The van der Waals surface area contributed by atoms with Crippen LogP contribution in [0.25, 0.3) is 10.9 Å². The summed E-state index contributed by atoms with van der Waals surface area (Å²) in [7, 11) is 0. The van der Waals surface area contributed by atoms with Crippen molar-refractivity contribution >= 4 is 16.8 Å². The van der Waals surface area contributed by atoms with Gasteiger partial charge in [0.15, 0.2) is 0 Å². The van der Waals surface area contributed by atoms with Gasteiger partial charge >= 0.3 is 0 Å². The number of rotatable bonds is 5. The molecule has 1 aliphatic carbocycles. The number of carbonyl (C=O) groups is 1. The molecule has 0 unspecified atom stereocenters. The number of para-hydroxylation sites is 1. The SMILES string of the molecule is O=C(NC[C@H]1[C@H]2CN(Cc3cccc4cc[nH]c34)C[C@]23CC[C@H]1O3)C1CCC1. The molecule has 5 heteroatoms. The number of carbonyl (C=O) groups excluding carboxylic acids is 1. The van der Waals surface area contributed by atoms with Crippen molar-refractivity contribution in [3.63, 3.8) is 0 Å². The van der Waals surface area contributed by atoms with E-state index in [0.29, 0.717) is 17.9 Å². The number of nitrogens with zero attached hydrogens (tertiary/aromatic N) is 1. The van der Waals surface area contributed by atoms with Crippen LogP contribution in [-0.4, -0.2) is 47.1 Å². The zero-order valence-electron chi connectivity index (χ0n) is 16.3. The molecule has 3 aliphatic heterocycles. The van der Waals surface area contributed by atoms with Gasteiger partial charge in [0.25, 0.3) is 0 Å². The fraction of sp³-hybridized carbons (Fsp3) is 0.609. The highest BCUT2D eigenvalue weighted by Crippen LogP contribution is 2.54. The average Bonchev–Trinajstić information content (AvgIpc) is 3.38. The summed E-state index contributed by atoms with van der Waals surface area (Å²) in [4.78, 5) is 18.3. The van der Waals surface area contributed by atoms with Crippen LogP contribution in [0.2, 0.25) is 0 Å². The lowest BCUT2D eigenvalue weighted by molar-refractivity contribution is -0.127. The molecule has 4 atom stereocenters. The fourth-order valence-electron chi connectivity index (χ4n) is 6.24. The third-order valence-electron chi connectivity index (χ3n) is 7.91. The first-order chi connectivity index (χ1) is 13.7. The minimum Gasteiger partial charge on any atom is -0.370 e. The summed E-state index contributed by atoms with van der Waals surface area (Å²) in [5, 5.41) is 4.54. The van der Waals surface area contributed by atoms with E-state index in [0.717, 1.165) is 45.4 Å². The molecule has 5 nitrogen and oxygen atoms in total. The highest BCUT2D eigenvalue weighted by Gasteiger charge is 2.62. The normalized spacial score (nSPS) is 34.6. The van der Waals surface area contributed by atoms with Gasteiger partial charge in [-0.05, 0) is 42.7 Å². The minimum absolute atomic E-state index is 0.0279. The average molecular weight is 380 g/mol. The van der Waals surface area contributed by atoms with E-state index < -0.39 is 0 Å². The minimum atomic E-state index is 0.0279. The van der Waals surface area contributed by atoms with Gasteiger partial charge in [0.05, 0.1) is 11.7 Å². The van der Waals surface area contributed by atoms with Crippen LogP contribution in [0.3, 0.4) is 0 Å². The molecule has 6 rings (SSSR count). The van der Waals surface area contributed by atoms with Crippen molar-refractivity contribution in [1.82, 2.24) is 15.2 Å². The van der Waals surface area contributed by atoms with Crippen LogP contribution in [0, 0.1) is 17.8 Å². The van der Waals surface area contributed by atoms with Gasteiger partial charge in [0.2, 0.25) is 5.91 Å². The first-order valence-corrected chi connectivity index (χ1v) is 10.9. The number of fused-ring (bicyclic) bond motifs is 2. The summed E-state index contributed by atoms with van der Waals surface area (Å²) in [6, 6.07) is 8.70. The Morgan fingerprint density at radius 2 is 2.21 bits per heavy atom. The summed E-state index contributed by atoms with van der Waals surface area (Å²) in [6.45, 7) is 3.87. The molecule has 1 spiro atoms. The topological polar surface area (TPSA) is 57.4 Å². The molecule has 1 saturated carbocycles. The Morgan fingerprint density at radius 1 is 1.29 bits per heavy atom. The highest BCUT2D eigenvalue weighted by molar-refractivity contribution is 5.82. The Morgan fingerprint density at radius 3 is 3.07 bits per heavy atom. The molecule has 1 aromatic heterocycles. The maximum absolute atomic E-state index is 12.3. The summed E-state index contributed by atoms with van der Waals surface area (Å²) >= 11 is 0. The lowest BCUT2D eigenvalue weighted by Crippen LogP contribution is -2.44. The second-order valence-corrected chi connectivity index (χ2v) is 9.43.